The van der Waals surface area contributed by atoms with Crippen molar-refractivity contribution >= 4 is 28.0 Å². The summed E-state index contributed by atoms with van der Waals surface area (Å²) >= 11 is 3.52. The third-order valence-electron chi connectivity index (χ3n) is 3.93. The smallest absolute Gasteiger partial charge is 0.410 e. The van der Waals surface area contributed by atoms with E-state index in [2.05, 4.69) is 20.8 Å². The molecule has 1 aliphatic rings. The number of methoxy groups -OCH3 is 1. The van der Waals surface area contributed by atoms with Crippen LogP contribution in [0.4, 0.5) is 4.79 Å². The van der Waals surface area contributed by atoms with Gasteiger partial charge in [0, 0.05) is 37.2 Å². The van der Waals surface area contributed by atoms with Crippen molar-refractivity contribution in [1.82, 2.24) is 9.80 Å². The van der Waals surface area contributed by atoms with Crippen molar-refractivity contribution in [2.75, 3.05) is 33.3 Å². The van der Waals surface area contributed by atoms with Crippen LogP contribution >= 0.6 is 15.9 Å². The number of esters is 1. The maximum absolute atomic E-state index is 12.1. The number of rotatable bonds is 3. The number of piperazine rings is 1. The molecule has 1 aromatic carbocycles. The van der Waals surface area contributed by atoms with Crippen LogP contribution < -0.4 is 0 Å². The van der Waals surface area contributed by atoms with Gasteiger partial charge in [-0.1, -0.05) is 22.0 Å². The molecule has 1 aromatic rings. The number of benzene rings is 1. The van der Waals surface area contributed by atoms with Crippen LogP contribution in [0.1, 0.15) is 36.7 Å². The van der Waals surface area contributed by atoms with Gasteiger partial charge in [-0.15, -0.1) is 0 Å². The van der Waals surface area contributed by atoms with Crippen LogP contribution in [-0.2, 0) is 16.0 Å². The minimum Gasteiger partial charge on any atom is -0.465 e. The lowest BCUT2D eigenvalue weighted by Gasteiger charge is -2.35. The van der Waals surface area contributed by atoms with Gasteiger partial charge in [0.2, 0.25) is 0 Å². The Bertz CT molecular complexity index is 634. The van der Waals surface area contributed by atoms with Gasteiger partial charge in [-0.25, -0.2) is 9.59 Å². The van der Waals surface area contributed by atoms with Crippen LogP contribution in [0.25, 0.3) is 0 Å². The topological polar surface area (TPSA) is 59.1 Å². The number of halogens is 1. The fourth-order valence-electron chi connectivity index (χ4n) is 2.66. The van der Waals surface area contributed by atoms with Crippen molar-refractivity contribution in [3.8, 4) is 0 Å². The first kappa shape index (κ1) is 19.7. The average molecular weight is 413 g/mol. The van der Waals surface area contributed by atoms with Crippen molar-refractivity contribution < 1.29 is 19.1 Å². The number of hydrogen-bond donors (Lipinski definition) is 0. The van der Waals surface area contributed by atoms with E-state index in [0.717, 1.165) is 23.1 Å². The summed E-state index contributed by atoms with van der Waals surface area (Å²) in [4.78, 5) is 28.0. The monoisotopic (exact) mass is 412 g/mol. The molecule has 6 nitrogen and oxygen atoms in total. The zero-order valence-electron chi connectivity index (χ0n) is 15.2. The first-order valence-electron chi connectivity index (χ1n) is 8.27. The van der Waals surface area contributed by atoms with Crippen molar-refractivity contribution in [1.29, 1.82) is 0 Å². The second-order valence-corrected chi connectivity index (χ2v) is 7.86. The molecule has 0 unspecified atom stereocenters. The second-order valence-electron chi connectivity index (χ2n) is 7.00. The number of nitrogens with zero attached hydrogens (tertiary/aromatic N) is 2. The Hall–Kier alpha value is -1.60. The Morgan fingerprint density at radius 2 is 1.80 bits per heavy atom. The fraction of sp³-hybridized carbons (Fsp3) is 0.556. The SMILES string of the molecule is COC(=O)c1cccc(Br)c1CN1CCN(C(=O)OC(C)(C)C)CC1. The maximum Gasteiger partial charge on any atom is 0.410 e. The summed E-state index contributed by atoms with van der Waals surface area (Å²) in [7, 11) is 1.38. The molecule has 1 aliphatic heterocycles. The van der Waals surface area contributed by atoms with Gasteiger partial charge in [0.25, 0.3) is 0 Å². The van der Waals surface area contributed by atoms with Crippen LogP contribution in [0.3, 0.4) is 0 Å². The molecular weight excluding hydrogens is 388 g/mol. The van der Waals surface area contributed by atoms with Gasteiger partial charge in [-0.05, 0) is 38.5 Å². The van der Waals surface area contributed by atoms with Crippen molar-refractivity contribution in [2.24, 2.45) is 0 Å². The fourth-order valence-corrected chi connectivity index (χ4v) is 3.15. The standard InChI is InChI=1S/C18H25BrN2O4/c1-18(2,3)25-17(23)21-10-8-20(9-11-21)12-14-13(16(22)24-4)6-5-7-15(14)19/h5-7H,8-12H2,1-4H3. The average Bonchev–Trinajstić information content (AvgIpc) is 2.55. The molecule has 0 saturated carbocycles. The third kappa shape index (κ3) is 5.44. The molecule has 0 radical (unpaired) electrons. The third-order valence-corrected chi connectivity index (χ3v) is 4.67. The Morgan fingerprint density at radius 3 is 2.36 bits per heavy atom. The van der Waals surface area contributed by atoms with Gasteiger partial charge < -0.3 is 14.4 Å². The summed E-state index contributed by atoms with van der Waals surface area (Å²) in [5, 5.41) is 0. The van der Waals surface area contributed by atoms with Crippen LogP contribution in [-0.4, -0.2) is 60.8 Å². The molecule has 1 fully saturated rings. The molecule has 25 heavy (non-hydrogen) atoms. The van der Waals surface area contributed by atoms with E-state index >= 15 is 0 Å². The molecule has 7 heteroatoms. The van der Waals surface area contributed by atoms with Gasteiger partial charge in [0.05, 0.1) is 12.7 Å². The van der Waals surface area contributed by atoms with Gasteiger partial charge >= 0.3 is 12.1 Å². The molecule has 0 aromatic heterocycles. The van der Waals surface area contributed by atoms with Crippen LogP contribution in [0.2, 0.25) is 0 Å². The minimum absolute atomic E-state index is 0.275. The molecule has 0 bridgehead atoms. The van der Waals surface area contributed by atoms with Gasteiger partial charge in [0.15, 0.2) is 0 Å². The van der Waals surface area contributed by atoms with E-state index in [-0.39, 0.29) is 12.1 Å². The van der Waals surface area contributed by atoms with E-state index in [1.54, 1.807) is 11.0 Å². The lowest BCUT2D eigenvalue weighted by Crippen LogP contribution is -2.49. The van der Waals surface area contributed by atoms with E-state index in [1.807, 2.05) is 32.9 Å². The molecular formula is C18H25BrN2O4. The largest absolute Gasteiger partial charge is 0.465 e. The van der Waals surface area contributed by atoms with Gasteiger partial charge in [-0.2, -0.15) is 0 Å². The van der Waals surface area contributed by atoms with Crippen LogP contribution in [0, 0.1) is 0 Å². The Labute approximate surface area is 157 Å². The molecule has 0 spiro atoms. The zero-order valence-corrected chi connectivity index (χ0v) is 16.8. The van der Waals surface area contributed by atoms with Gasteiger partial charge in [0.1, 0.15) is 5.60 Å². The van der Waals surface area contributed by atoms with E-state index in [9.17, 15) is 9.59 Å². The number of carbonyl (C=O) groups is 2. The second kappa shape index (κ2) is 8.19. The maximum atomic E-state index is 12.1. The van der Waals surface area contributed by atoms with E-state index in [0.29, 0.717) is 25.2 Å². The Kier molecular flexibility index (Phi) is 6.46. The number of ether oxygens (including phenoxy) is 2. The van der Waals surface area contributed by atoms with Crippen molar-refractivity contribution in [2.45, 2.75) is 32.9 Å². The summed E-state index contributed by atoms with van der Waals surface area (Å²) in [6, 6.07) is 5.50. The Balaban J connectivity index is 1.99. The van der Waals surface area contributed by atoms with Gasteiger partial charge in [-0.3, -0.25) is 4.90 Å². The minimum atomic E-state index is -0.488. The van der Waals surface area contributed by atoms with Crippen molar-refractivity contribution in [3.63, 3.8) is 0 Å². The first-order chi connectivity index (χ1) is 11.7. The van der Waals surface area contributed by atoms with Crippen LogP contribution in [0.5, 0.6) is 0 Å². The molecule has 0 atom stereocenters. The summed E-state index contributed by atoms with van der Waals surface area (Å²) in [5.41, 5.74) is 0.977. The molecule has 0 aliphatic carbocycles. The highest BCUT2D eigenvalue weighted by molar-refractivity contribution is 9.10. The highest BCUT2D eigenvalue weighted by Gasteiger charge is 2.26. The lowest BCUT2D eigenvalue weighted by atomic mass is 10.1. The van der Waals surface area contributed by atoms with Crippen LogP contribution in [0.15, 0.2) is 22.7 Å². The van der Waals surface area contributed by atoms with Crippen molar-refractivity contribution in [3.05, 3.63) is 33.8 Å². The number of amides is 1. The molecule has 0 N–H and O–H groups in total. The molecule has 2 rings (SSSR count). The van der Waals surface area contributed by atoms with E-state index in [4.69, 9.17) is 9.47 Å². The lowest BCUT2D eigenvalue weighted by molar-refractivity contribution is 0.0139. The Morgan fingerprint density at radius 1 is 1.16 bits per heavy atom. The first-order valence-corrected chi connectivity index (χ1v) is 9.06. The molecule has 138 valence electrons. The summed E-state index contributed by atoms with van der Waals surface area (Å²) in [6.07, 6.45) is -0.275. The van der Waals surface area contributed by atoms with E-state index in [1.165, 1.54) is 7.11 Å². The molecule has 1 amide bonds. The highest BCUT2D eigenvalue weighted by atomic mass is 79.9. The predicted octanol–water partition coefficient (Wildman–Crippen LogP) is 3.29. The number of hydrogen-bond acceptors (Lipinski definition) is 5. The normalized spacial score (nSPS) is 15.8. The quantitative estimate of drug-likeness (QED) is 0.712. The molecule has 1 saturated heterocycles. The number of carbonyl (C=O) groups excluding carboxylic acids is 2. The predicted molar refractivity (Wildman–Crippen MR) is 98.6 cm³/mol. The summed E-state index contributed by atoms with van der Waals surface area (Å²) in [5.74, 6) is -0.344. The zero-order chi connectivity index (χ0) is 18.6. The highest BCUT2D eigenvalue weighted by Crippen LogP contribution is 2.24. The molecule has 1 heterocycles. The summed E-state index contributed by atoms with van der Waals surface area (Å²) < 4.78 is 11.2. The van der Waals surface area contributed by atoms with E-state index < -0.39 is 5.60 Å². The summed E-state index contributed by atoms with van der Waals surface area (Å²) in [6.45, 7) is 8.86.